The van der Waals surface area contributed by atoms with E-state index in [-0.39, 0.29) is 17.2 Å². The van der Waals surface area contributed by atoms with Gasteiger partial charge in [-0.3, -0.25) is 4.79 Å². The van der Waals surface area contributed by atoms with Crippen LogP contribution in [-0.4, -0.2) is 20.6 Å². The fraction of sp³-hybridized carbons (Fsp3) is 0.235. The number of amides is 1. The second kappa shape index (κ2) is 7.39. The lowest BCUT2D eigenvalue weighted by atomic mass is 10.1. The minimum absolute atomic E-state index is 0.0623. The minimum Gasteiger partial charge on any atom is -0.329 e. The fourth-order valence-electron chi connectivity index (χ4n) is 2.03. The average Bonchev–Trinajstić information content (AvgIpc) is 2.47. The van der Waals surface area contributed by atoms with Crippen LogP contribution in [0.4, 0.5) is 0 Å². The molecule has 122 valence electrons. The molecule has 1 amide bonds. The first-order chi connectivity index (χ1) is 10.9. The number of hydrogen-bond donors (Lipinski definition) is 1. The molecule has 23 heavy (non-hydrogen) atoms. The molecular formula is C17H19NO4S. The third kappa shape index (κ3) is 5.19. The third-order valence-corrected chi connectivity index (χ3v) is 4.54. The van der Waals surface area contributed by atoms with E-state index in [4.69, 9.17) is 4.18 Å². The molecule has 0 radical (unpaired) electrons. The van der Waals surface area contributed by atoms with Crippen LogP contribution in [0.3, 0.4) is 0 Å². The highest BCUT2D eigenvalue weighted by atomic mass is 32.2. The maximum atomic E-state index is 12.1. The largest absolute Gasteiger partial charge is 0.329 e. The van der Waals surface area contributed by atoms with Crippen molar-refractivity contribution in [2.75, 3.05) is 0 Å². The standard InChI is InChI=1S/C17H19NO4S/c1-13-8-10-16(11-9-13)23(20,21)22-14(2)18-17(19)12-15-6-4-3-5-7-15/h3-11,14H,12H2,1-2H3,(H,18,19). The lowest BCUT2D eigenvalue weighted by Gasteiger charge is -2.15. The summed E-state index contributed by atoms with van der Waals surface area (Å²) < 4.78 is 29.3. The highest BCUT2D eigenvalue weighted by Gasteiger charge is 2.20. The van der Waals surface area contributed by atoms with E-state index in [2.05, 4.69) is 5.32 Å². The van der Waals surface area contributed by atoms with Crippen LogP contribution in [0.5, 0.6) is 0 Å². The topological polar surface area (TPSA) is 72.5 Å². The summed E-state index contributed by atoms with van der Waals surface area (Å²) in [5.41, 5.74) is 1.80. The van der Waals surface area contributed by atoms with E-state index >= 15 is 0 Å². The van der Waals surface area contributed by atoms with Gasteiger partial charge in [-0.25, -0.2) is 4.18 Å². The molecule has 0 heterocycles. The number of nitrogens with one attached hydrogen (secondary N) is 1. The normalized spacial score (nSPS) is 12.6. The SMILES string of the molecule is Cc1ccc(S(=O)(=O)OC(C)NC(=O)Cc2ccccc2)cc1. The lowest BCUT2D eigenvalue weighted by molar-refractivity contribution is -0.122. The van der Waals surface area contributed by atoms with Crippen molar-refractivity contribution in [1.29, 1.82) is 0 Å². The van der Waals surface area contributed by atoms with Gasteiger partial charge in [-0.2, -0.15) is 8.42 Å². The molecule has 6 heteroatoms. The molecule has 2 aromatic rings. The maximum absolute atomic E-state index is 12.1. The zero-order valence-electron chi connectivity index (χ0n) is 13.0. The van der Waals surface area contributed by atoms with Crippen molar-refractivity contribution in [3.05, 3.63) is 65.7 Å². The summed E-state index contributed by atoms with van der Waals surface area (Å²) in [7, 11) is -3.91. The van der Waals surface area contributed by atoms with Crippen molar-refractivity contribution in [3.63, 3.8) is 0 Å². The van der Waals surface area contributed by atoms with E-state index in [0.29, 0.717) is 0 Å². The number of carbonyl (C=O) groups excluding carboxylic acids is 1. The van der Waals surface area contributed by atoms with Crippen molar-refractivity contribution in [2.24, 2.45) is 0 Å². The van der Waals surface area contributed by atoms with Gasteiger partial charge in [-0.1, -0.05) is 48.0 Å². The van der Waals surface area contributed by atoms with Gasteiger partial charge in [0.15, 0.2) is 0 Å². The number of hydrogen-bond acceptors (Lipinski definition) is 4. The van der Waals surface area contributed by atoms with E-state index < -0.39 is 16.3 Å². The van der Waals surface area contributed by atoms with Crippen molar-refractivity contribution in [3.8, 4) is 0 Å². The maximum Gasteiger partial charge on any atom is 0.298 e. The summed E-state index contributed by atoms with van der Waals surface area (Å²) in [5.74, 6) is -0.303. The zero-order valence-corrected chi connectivity index (χ0v) is 13.8. The van der Waals surface area contributed by atoms with Gasteiger partial charge in [0.2, 0.25) is 5.91 Å². The number of carbonyl (C=O) groups is 1. The summed E-state index contributed by atoms with van der Waals surface area (Å²) >= 11 is 0. The van der Waals surface area contributed by atoms with Gasteiger partial charge in [-0.15, -0.1) is 0 Å². The lowest BCUT2D eigenvalue weighted by Crippen LogP contribution is -2.37. The molecule has 0 aromatic heterocycles. The Labute approximate surface area is 136 Å². The van der Waals surface area contributed by atoms with Gasteiger partial charge in [-0.05, 0) is 31.5 Å². The smallest absolute Gasteiger partial charge is 0.298 e. The molecule has 1 atom stereocenters. The molecule has 0 saturated carbocycles. The van der Waals surface area contributed by atoms with Crippen LogP contribution in [0, 0.1) is 6.92 Å². The number of benzene rings is 2. The summed E-state index contributed by atoms with van der Waals surface area (Å²) in [6.45, 7) is 3.35. The summed E-state index contributed by atoms with van der Waals surface area (Å²) in [4.78, 5) is 12.0. The Hall–Kier alpha value is -2.18. The summed E-state index contributed by atoms with van der Waals surface area (Å²) in [6.07, 6.45) is -0.781. The van der Waals surface area contributed by atoms with Gasteiger partial charge in [0.05, 0.1) is 11.3 Å². The quantitative estimate of drug-likeness (QED) is 0.651. The molecule has 0 aliphatic carbocycles. The molecule has 0 aliphatic rings. The highest BCUT2D eigenvalue weighted by molar-refractivity contribution is 7.86. The summed E-state index contributed by atoms with van der Waals surface area (Å²) in [6, 6.07) is 15.5. The van der Waals surface area contributed by atoms with Crippen LogP contribution in [0.15, 0.2) is 59.5 Å². The highest BCUT2D eigenvalue weighted by Crippen LogP contribution is 2.14. The van der Waals surface area contributed by atoms with E-state index in [0.717, 1.165) is 11.1 Å². The molecule has 5 nitrogen and oxygen atoms in total. The van der Waals surface area contributed by atoms with Crippen LogP contribution < -0.4 is 5.32 Å². The van der Waals surface area contributed by atoms with Crippen LogP contribution in [0.25, 0.3) is 0 Å². The molecule has 1 N–H and O–H groups in total. The molecule has 1 unspecified atom stereocenters. The van der Waals surface area contributed by atoms with Crippen molar-refractivity contribution in [2.45, 2.75) is 31.4 Å². The van der Waals surface area contributed by atoms with E-state index in [1.807, 2.05) is 37.3 Å². The number of aryl methyl sites for hydroxylation is 1. The fourth-order valence-corrected chi connectivity index (χ4v) is 3.04. The predicted octanol–water partition coefficient (Wildman–Crippen LogP) is 2.41. The Balaban J connectivity index is 1.94. The van der Waals surface area contributed by atoms with Crippen LogP contribution in [0.1, 0.15) is 18.1 Å². The first kappa shape index (κ1) is 17.2. The molecule has 0 saturated heterocycles. The number of rotatable bonds is 6. The molecule has 0 bridgehead atoms. The van der Waals surface area contributed by atoms with Gasteiger partial charge in [0, 0.05) is 0 Å². The van der Waals surface area contributed by atoms with Gasteiger partial charge in [0.1, 0.15) is 6.23 Å². The molecule has 2 rings (SSSR count). The van der Waals surface area contributed by atoms with Crippen LogP contribution in [-0.2, 0) is 25.5 Å². The summed E-state index contributed by atoms with van der Waals surface area (Å²) in [5, 5.41) is 2.53. The van der Waals surface area contributed by atoms with E-state index in [1.54, 1.807) is 12.1 Å². The second-order valence-electron chi connectivity index (χ2n) is 5.24. The second-order valence-corrected chi connectivity index (χ2v) is 6.81. The van der Waals surface area contributed by atoms with Crippen LogP contribution >= 0.6 is 0 Å². The minimum atomic E-state index is -3.91. The molecular weight excluding hydrogens is 314 g/mol. The Morgan fingerprint density at radius 2 is 1.70 bits per heavy atom. The first-order valence-electron chi connectivity index (χ1n) is 7.20. The first-order valence-corrected chi connectivity index (χ1v) is 8.61. The van der Waals surface area contributed by atoms with Gasteiger partial charge < -0.3 is 5.32 Å². The molecule has 0 spiro atoms. The van der Waals surface area contributed by atoms with Crippen molar-refractivity contribution >= 4 is 16.0 Å². The van der Waals surface area contributed by atoms with Crippen molar-refractivity contribution < 1.29 is 17.4 Å². The van der Waals surface area contributed by atoms with Crippen molar-refractivity contribution in [1.82, 2.24) is 5.32 Å². The Morgan fingerprint density at radius 1 is 1.09 bits per heavy atom. The Kier molecular flexibility index (Phi) is 5.52. The van der Waals surface area contributed by atoms with E-state index in [1.165, 1.54) is 19.1 Å². The molecule has 0 aliphatic heterocycles. The predicted molar refractivity (Wildman–Crippen MR) is 87.2 cm³/mol. The Bertz CT molecular complexity index is 755. The average molecular weight is 333 g/mol. The zero-order chi connectivity index (χ0) is 16.9. The van der Waals surface area contributed by atoms with E-state index in [9.17, 15) is 13.2 Å². The van der Waals surface area contributed by atoms with Crippen LogP contribution in [0.2, 0.25) is 0 Å². The Morgan fingerprint density at radius 3 is 2.30 bits per heavy atom. The van der Waals surface area contributed by atoms with Gasteiger partial charge in [0.25, 0.3) is 10.1 Å². The third-order valence-electron chi connectivity index (χ3n) is 3.15. The monoisotopic (exact) mass is 333 g/mol. The van der Waals surface area contributed by atoms with Gasteiger partial charge >= 0.3 is 0 Å². The molecule has 2 aromatic carbocycles. The molecule has 0 fully saturated rings.